The fourth-order valence-electron chi connectivity index (χ4n) is 2.04. The van der Waals surface area contributed by atoms with Gasteiger partial charge in [-0.15, -0.1) is 0 Å². The van der Waals surface area contributed by atoms with Crippen molar-refractivity contribution < 1.29 is 13.9 Å². The van der Waals surface area contributed by atoms with E-state index in [4.69, 9.17) is 4.74 Å². The SMILES string of the molecule is Cc1nn(CCNC(=O)COc2ccc(F)cc2)c(C)c1C. The van der Waals surface area contributed by atoms with E-state index in [1.165, 1.54) is 29.8 Å². The molecule has 0 spiro atoms. The molecule has 5 nitrogen and oxygen atoms in total. The lowest BCUT2D eigenvalue weighted by molar-refractivity contribution is -0.123. The number of nitrogens with zero attached hydrogens (tertiary/aromatic N) is 2. The summed E-state index contributed by atoms with van der Waals surface area (Å²) in [5.74, 6) is -0.0923. The summed E-state index contributed by atoms with van der Waals surface area (Å²) in [6, 6.07) is 5.55. The van der Waals surface area contributed by atoms with E-state index < -0.39 is 0 Å². The van der Waals surface area contributed by atoms with E-state index >= 15 is 0 Å². The van der Waals surface area contributed by atoms with Crippen LogP contribution in [0, 0.1) is 26.6 Å². The van der Waals surface area contributed by atoms with Crippen LogP contribution in [0.1, 0.15) is 17.0 Å². The Morgan fingerprint density at radius 3 is 2.55 bits per heavy atom. The molecule has 1 aromatic heterocycles. The largest absolute Gasteiger partial charge is 0.484 e. The van der Waals surface area contributed by atoms with Crippen LogP contribution in [0.3, 0.4) is 0 Å². The van der Waals surface area contributed by atoms with Gasteiger partial charge in [0.25, 0.3) is 5.91 Å². The van der Waals surface area contributed by atoms with Crippen LogP contribution in [0.4, 0.5) is 4.39 Å². The summed E-state index contributed by atoms with van der Waals surface area (Å²) in [5, 5.41) is 7.18. The Morgan fingerprint density at radius 2 is 1.95 bits per heavy atom. The number of hydrogen-bond acceptors (Lipinski definition) is 3. The summed E-state index contributed by atoms with van der Waals surface area (Å²) < 4.78 is 19.9. The molecule has 0 aliphatic rings. The summed E-state index contributed by atoms with van der Waals surface area (Å²) >= 11 is 0. The molecule has 0 radical (unpaired) electrons. The lowest BCUT2D eigenvalue weighted by atomic mass is 10.2. The molecule has 0 saturated heterocycles. The topological polar surface area (TPSA) is 56.2 Å². The van der Waals surface area contributed by atoms with Crippen LogP contribution in [0.25, 0.3) is 0 Å². The zero-order chi connectivity index (χ0) is 16.1. The Kier molecular flexibility index (Phi) is 5.14. The maximum absolute atomic E-state index is 12.7. The second kappa shape index (κ2) is 7.06. The van der Waals surface area contributed by atoms with Crippen molar-refractivity contribution in [2.45, 2.75) is 27.3 Å². The van der Waals surface area contributed by atoms with Crippen molar-refractivity contribution in [3.05, 3.63) is 47.0 Å². The van der Waals surface area contributed by atoms with Gasteiger partial charge in [0.05, 0.1) is 12.2 Å². The van der Waals surface area contributed by atoms with Crippen LogP contribution in [-0.2, 0) is 11.3 Å². The van der Waals surface area contributed by atoms with E-state index in [2.05, 4.69) is 10.4 Å². The summed E-state index contributed by atoms with van der Waals surface area (Å²) in [6.07, 6.45) is 0. The number of carbonyl (C=O) groups is 1. The molecule has 0 aliphatic carbocycles. The smallest absolute Gasteiger partial charge is 0.258 e. The molecule has 1 N–H and O–H groups in total. The molecule has 0 aliphatic heterocycles. The molecule has 0 unspecified atom stereocenters. The van der Waals surface area contributed by atoms with Crippen molar-refractivity contribution in [2.24, 2.45) is 0 Å². The first-order valence-corrected chi connectivity index (χ1v) is 7.13. The molecule has 6 heteroatoms. The summed E-state index contributed by atoms with van der Waals surface area (Å²) in [5.41, 5.74) is 3.28. The molecule has 118 valence electrons. The molecule has 0 saturated carbocycles. The first kappa shape index (κ1) is 16.0. The highest BCUT2D eigenvalue weighted by atomic mass is 19.1. The molecule has 2 aromatic rings. The van der Waals surface area contributed by atoms with Crippen molar-refractivity contribution in [2.75, 3.05) is 13.2 Å². The number of amides is 1. The van der Waals surface area contributed by atoms with Gasteiger partial charge in [0, 0.05) is 12.2 Å². The van der Waals surface area contributed by atoms with E-state index in [0.29, 0.717) is 18.8 Å². The van der Waals surface area contributed by atoms with Crippen molar-refractivity contribution in [1.29, 1.82) is 0 Å². The summed E-state index contributed by atoms with van der Waals surface area (Å²) in [7, 11) is 0. The Morgan fingerprint density at radius 1 is 1.27 bits per heavy atom. The second-order valence-corrected chi connectivity index (χ2v) is 5.11. The monoisotopic (exact) mass is 305 g/mol. The van der Waals surface area contributed by atoms with Crippen LogP contribution in [-0.4, -0.2) is 28.8 Å². The highest BCUT2D eigenvalue weighted by Gasteiger charge is 2.07. The van der Waals surface area contributed by atoms with Crippen LogP contribution in [0.5, 0.6) is 5.75 Å². The lowest BCUT2D eigenvalue weighted by Gasteiger charge is -2.08. The van der Waals surface area contributed by atoms with Crippen LogP contribution in [0.2, 0.25) is 0 Å². The van der Waals surface area contributed by atoms with Gasteiger partial charge in [-0.1, -0.05) is 0 Å². The number of halogens is 1. The van der Waals surface area contributed by atoms with Crippen molar-refractivity contribution in [1.82, 2.24) is 15.1 Å². The normalized spacial score (nSPS) is 10.5. The van der Waals surface area contributed by atoms with Gasteiger partial charge < -0.3 is 10.1 Å². The third kappa shape index (κ3) is 4.07. The Bertz CT molecular complexity index is 650. The van der Waals surface area contributed by atoms with E-state index in [1.807, 2.05) is 25.5 Å². The highest BCUT2D eigenvalue weighted by Crippen LogP contribution is 2.11. The number of aryl methyl sites for hydroxylation is 1. The van der Waals surface area contributed by atoms with Gasteiger partial charge in [0.1, 0.15) is 11.6 Å². The zero-order valence-corrected chi connectivity index (χ0v) is 13.0. The average Bonchev–Trinajstić information content (AvgIpc) is 2.74. The number of ether oxygens (including phenoxy) is 1. The maximum atomic E-state index is 12.7. The van der Waals surface area contributed by atoms with Gasteiger partial charge in [-0.3, -0.25) is 9.48 Å². The molecule has 1 heterocycles. The predicted octanol–water partition coefficient (Wildman–Crippen LogP) is 2.14. The number of benzene rings is 1. The lowest BCUT2D eigenvalue weighted by Crippen LogP contribution is -2.32. The Hall–Kier alpha value is -2.37. The second-order valence-electron chi connectivity index (χ2n) is 5.11. The Labute approximate surface area is 129 Å². The van der Waals surface area contributed by atoms with Crippen molar-refractivity contribution >= 4 is 5.91 Å². The van der Waals surface area contributed by atoms with Gasteiger partial charge in [-0.25, -0.2) is 4.39 Å². The number of hydrogen-bond donors (Lipinski definition) is 1. The van der Waals surface area contributed by atoms with E-state index in [9.17, 15) is 9.18 Å². The van der Waals surface area contributed by atoms with E-state index in [0.717, 1.165) is 11.4 Å². The fourth-order valence-corrected chi connectivity index (χ4v) is 2.04. The Balaban J connectivity index is 1.73. The molecule has 1 amide bonds. The van der Waals surface area contributed by atoms with Crippen LogP contribution < -0.4 is 10.1 Å². The first-order valence-electron chi connectivity index (χ1n) is 7.13. The van der Waals surface area contributed by atoms with Gasteiger partial charge >= 0.3 is 0 Å². The number of rotatable bonds is 6. The molecular formula is C16H20FN3O2. The van der Waals surface area contributed by atoms with Crippen molar-refractivity contribution in [3.8, 4) is 5.75 Å². The van der Waals surface area contributed by atoms with Gasteiger partial charge in [0.15, 0.2) is 6.61 Å². The number of nitrogens with one attached hydrogen (secondary N) is 1. The quantitative estimate of drug-likeness (QED) is 0.889. The average molecular weight is 305 g/mol. The number of aromatic nitrogens is 2. The van der Waals surface area contributed by atoms with E-state index in [1.54, 1.807) is 0 Å². The zero-order valence-electron chi connectivity index (χ0n) is 13.0. The van der Waals surface area contributed by atoms with Gasteiger partial charge in [-0.2, -0.15) is 5.10 Å². The molecule has 1 aromatic carbocycles. The summed E-state index contributed by atoms with van der Waals surface area (Å²) in [4.78, 5) is 11.7. The highest BCUT2D eigenvalue weighted by molar-refractivity contribution is 5.77. The molecule has 0 atom stereocenters. The van der Waals surface area contributed by atoms with E-state index in [-0.39, 0.29) is 18.3 Å². The standard InChI is InChI=1S/C16H20FN3O2/c1-11-12(2)19-20(13(11)3)9-8-18-16(21)10-22-15-6-4-14(17)5-7-15/h4-7H,8-10H2,1-3H3,(H,18,21). The number of carbonyl (C=O) groups excluding carboxylic acids is 1. The molecule has 22 heavy (non-hydrogen) atoms. The maximum Gasteiger partial charge on any atom is 0.258 e. The van der Waals surface area contributed by atoms with Gasteiger partial charge in [-0.05, 0) is 50.6 Å². The minimum Gasteiger partial charge on any atom is -0.484 e. The summed E-state index contributed by atoms with van der Waals surface area (Å²) in [6.45, 7) is 7.00. The first-order chi connectivity index (χ1) is 10.5. The minimum absolute atomic E-state index is 0.0955. The van der Waals surface area contributed by atoms with Crippen LogP contribution >= 0.6 is 0 Å². The third-order valence-corrected chi connectivity index (χ3v) is 3.57. The molecule has 2 rings (SSSR count). The molecular weight excluding hydrogens is 285 g/mol. The minimum atomic E-state index is -0.336. The third-order valence-electron chi connectivity index (χ3n) is 3.57. The molecule has 0 bridgehead atoms. The van der Waals surface area contributed by atoms with Crippen molar-refractivity contribution in [3.63, 3.8) is 0 Å². The molecule has 0 fully saturated rings. The predicted molar refractivity (Wildman–Crippen MR) is 81.3 cm³/mol. The van der Waals surface area contributed by atoms with Gasteiger partial charge in [0.2, 0.25) is 0 Å². The fraction of sp³-hybridized carbons (Fsp3) is 0.375. The van der Waals surface area contributed by atoms with Crippen LogP contribution in [0.15, 0.2) is 24.3 Å².